The summed E-state index contributed by atoms with van der Waals surface area (Å²) in [6.07, 6.45) is 0. The topological polar surface area (TPSA) is 72.5 Å². The second-order valence-corrected chi connectivity index (χ2v) is 4.47. The Labute approximate surface area is 103 Å². The van der Waals surface area contributed by atoms with Crippen molar-refractivity contribution in [2.75, 3.05) is 18.1 Å². The number of hydrogen-bond donors (Lipinski definition) is 2. The molecule has 1 rings (SSSR count). The molecule has 1 aromatic carbocycles. The minimum absolute atomic E-state index is 0.306. The average Bonchev–Trinajstić information content (AvgIpc) is 2.30. The Balaban J connectivity index is 2.12. The number of carbonyl (C=O) groups is 1. The van der Waals surface area contributed by atoms with Gasteiger partial charge in [-0.2, -0.15) is 11.8 Å². The Bertz CT molecular complexity index is 358. The minimum Gasteiger partial charge on any atom is -0.493 e. The zero-order valence-electron chi connectivity index (χ0n) is 9.14. The molecular formula is C11H14FNO3S. The summed E-state index contributed by atoms with van der Waals surface area (Å²) < 4.78 is 17.9. The number of carboxylic acids is 1. The summed E-state index contributed by atoms with van der Waals surface area (Å²) in [5, 5.41) is 8.54. The Kier molecular flexibility index (Phi) is 5.79. The molecule has 0 heterocycles. The number of thioether (sulfide) groups is 1. The highest BCUT2D eigenvalue weighted by Gasteiger charge is 2.10. The number of aliphatic carboxylic acids is 1. The van der Waals surface area contributed by atoms with Gasteiger partial charge < -0.3 is 15.6 Å². The average molecular weight is 259 g/mol. The predicted molar refractivity (Wildman–Crippen MR) is 64.8 cm³/mol. The molecule has 0 aliphatic heterocycles. The molecule has 17 heavy (non-hydrogen) atoms. The number of halogens is 1. The molecule has 0 aliphatic rings. The van der Waals surface area contributed by atoms with Crippen LogP contribution in [0.5, 0.6) is 5.75 Å². The first-order valence-electron chi connectivity index (χ1n) is 5.04. The van der Waals surface area contributed by atoms with E-state index in [4.69, 9.17) is 15.6 Å². The van der Waals surface area contributed by atoms with Crippen molar-refractivity contribution in [2.24, 2.45) is 5.73 Å². The highest BCUT2D eigenvalue weighted by atomic mass is 32.2. The zero-order chi connectivity index (χ0) is 12.7. The van der Waals surface area contributed by atoms with Crippen LogP contribution >= 0.6 is 11.8 Å². The highest BCUT2D eigenvalue weighted by Crippen LogP contribution is 2.11. The molecule has 0 amide bonds. The predicted octanol–water partition coefficient (Wildman–Crippen LogP) is 1.35. The van der Waals surface area contributed by atoms with Crippen molar-refractivity contribution in [3.63, 3.8) is 0 Å². The molecule has 1 unspecified atom stereocenters. The van der Waals surface area contributed by atoms with Crippen LogP contribution in [-0.2, 0) is 4.79 Å². The minimum atomic E-state index is -1.00. The van der Waals surface area contributed by atoms with E-state index in [2.05, 4.69) is 0 Å². The lowest BCUT2D eigenvalue weighted by Gasteiger charge is -2.07. The molecule has 4 nitrogen and oxygen atoms in total. The molecule has 1 aromatic rings. The van der Waals surface area contributed by atoms with E-state index in [9.17, 15) is 9.18 Å². The number of nitrogens with two attached hydrogens (primary N) is 1. The van der Waals surface area contributed by atoms with Gasteiger partial charge >= 0.3 is 5.97 Å². The maximum atomic E-state index is 12.6. The van der Waals surface area contributed by atoms with Gasteiger partial charge in [0.15, 0.2) is 0 Å². The third-order valence-corrected chi connectivity index (χ3v) is 2.97. The lowest BCUT2D eigenvalue weighted by Crippen LogP contribution is -2.32. The number of rotatable bonds is 7. The smallest absolute Gasteiger partial charge is 0.321 e. The van der Waals surface area contributed by atoms with E-state index in [0.29, 0.717) is 23.9 Å². The summed E-state index contributed by atoms with van der Waals surface area (Å²) in [5.74, 6) is 0.270. The van der Waals surface area contributed by atoms with Crippen LogP contribution in [0.2, 0.25) is 0 Å². The van der Waals surface area contributed by atoms with Gasteiger partial charge in [-0.1, -0.05) is 0 Å². The summed E-state index contributed by atoms with van der Waals surface area (Å²) >= 11 is 1.41. The summed E-state index contributed by atoms with van der Waals surface area (Å²) in [7, 11) is 0. The standard InChI is InChI=1S/C11H14FNO3S/c12-8-1-3-9(4-2-8)16-5-6-17-7-10(13)11(14)15/h1-4,10H,5-7,13H2,(H,14,15). The molecule has 0 radical (unpaired) electrons. The Morgan fingerprint density at radius 1 is 1.47 bits per heavy atom. The fourth-order valence-corrected chi connectivity index (χ4v) is 1.80. The fourth-order valence-electron chi connectivity index (χ4n) is 1.03. The summed E-state index contributed by atoms with van der Waals surface area (Å²) in [6.45, 7) is 0.433. The van der Waals surface area contributed by atoms with Crippen LogP contribution in [0.4, 0.5) is 4.39 Å². The van der Waals surface area contributed by atoms with Crippen LogP contribution in [0, 0.1) is 5.82 Å². The molecule has 0 saturated heterocycles. The van der Waals surface area contributed by atoms with Crippen LogP contribution < -0.4 is 10.5 Å². The first-order valence-corrected chi connectivity index (χ1v) is 6.19. The first-order chi connectivity index (χ1) is 8.09. The van der Waals surface area contributed by atoms with E-state index in [0.717, 1.165) is 0 Å². The van der Waals surface area contributed by atoms with Crippen LogP contribution in [0.25, 0.3) is 0 Å². The Morgan fingerprint density at radius 3 is 2.71 bits per heavy atom. The van der Waals surface area contributed by atoms with E-state index in [1.54, 1.807) is 12.1 Å². The maximum absolute atomic E-state index is 12.6. The molecule has 94 valence electrons. The summed E-state index contributed by atoms with van der Waals surface area (Å²) in [4.78, 5) is 10.4. The first kappa shape index (κ1) is 13.8. The number of carboxylic acid groups (broad SMARTS) is 1. The monoisotopic (exact) mass is 259 g/mol. The van der Waals surface area contributed by atoms with Gasteiger partial charge in [0.1, 0.15) is 17.6 Å². The number of hydrogen-bond acceptors (Lipinski definition) is 4. The van der Waals surface area contributed by atoms with Gasteiger partial charge in [0, 0.05) is 11.5 Å². The second-order valence-electron chi connectivity index (χ2n) is 3.32. The lowest BCUT2D eigenvalue weighted by atomic mass is 10.3. The van der Waals surface area contributed by atoms with Gasteiger partial charge in [-0.15, -0.1) is 0 Å². The van der Waals surface area contributed by atoms with Crippen molar-refractivity contribution in [3.05, 3.63) is 30.1 Å². The Morgan fingerprint density at radius 2 is 2.12 bits per heavy atom. The molecular weight excluding hydrogens is 245 g/mol. The normalized spacial score (nSPS) is 12.1. The lowest BCUT2D eigenvalue weighted by molar-refractivity contribution is -0.137. The zero-order valence-corrected chi connectivity index (χ0v) is 9.95. The second kappa shape index (κ2) is 7.13. The number of ether oxygens (including phenoxy) is 1. The van der Waals surface area contributed by atoms with Crippen LogP contribution in [-0.4, -0.2) is 35.2 Å². The van der Waals surface area contributed by atoms with Crippen molar-refractivity contribution in [3.8, 4) is 5.75 Å². The quantitative estimate of drug-likeness (QED) is 0.723. The van der Waals surface area contributed by atoms with Crippen LogP contribution in [0.15, 0.2) is 24.3 Å². The van der Waals surface area contributed by atoms with Crippen LogP contribution in [0.1, 0.15) is 0 Å². The van der Waals surface area contributed by atoms with Crippen molar-refractivity contribution in [2.45, 2.75) is 6.04 Å². The Hall–Kier alpha value is -1.27. The largest absolute Gasteiger partial charge is 0.493 e. The van der Waals surface area contributed by atoms with Crippen molar-refractivity contribution < 1.29 is 19.0 Å². The molecule has 0 spiro atoms. The van der Waals surface area contributed by atoms with Crippen LogP contribution in [0.3, 0.4) is 0 Å². The van der Waals surface area contributed by atoms with Gasteiger partial charge in [-0.25, -0.2) is 4.39 Å². The molecule has 0 fully saturated rings. The van der Waals surface area contributed by atoms with E-state index >= 15 is 0 Å². The molecule has 0 aliphatic carbocycles. The van der Waals surface area contributed by atoms with Gasteiger partial charge in [-0.05, 0) is 24.3 Å². The van der Waals surface area contributed by atoms with Gasteiger partial charge in [-0.3, -0.25) is 4.79 Å². The number of benzene rings is 1. The molecule has 6 heteroatoms. The van der Waals surface area contributed by atoms with Crippen molar-refractivity contribution in [1.82, 2.24) is 0 Å². The van der Waals surface area contributed by atoms with Gasteiger partial charge in [0.25, 0.3) is 0 Å². The van der Waals surface area contributed by atoms with E-state index in [1.165, 1.54) is 23.9 Å². The summed E-state index contributed by atoms with van der Waals surface area (Å²) in [6, 6.07) is 4.89. The van der Waals surface area contributed by atoms with Gasteiger partial charge in [0.05, 0.1) is 6.61 Å². The molecule has 1 atom stereocenters. The van der Waals surface area contributed by atoms with Gasteiger partial charge in [0.2, 0.25) is 0 Å². The van der Waals surface area contributed by atoms with Crippen molar-refractivity contribution in [1.29, 1.82) is 0 Å². The fraction of sp³-hybridized carbons (Fsp3) is 0.364. The van der Waals surface area contributed by atoms with E-state index in [-0.39, 0.29) is 5.82 Å². The molecule has 0 aromatic heterocycles. The van der Waals surface area contributed by atoms with E-state index < -0.39 is 12.0 Å². The third kappa shape index (κ3) is 5.55. The maximum Gasteiger partial charge on any atom is 0.321 e. The molecule has 0 saturated carbocycles. The SMILES string of the molecule is NC(CSCCOc1ccc(F)cc1)C(=O)O. The molecule has 0 bridgehead atoms. The third-order valence-electron chi connectivity index (χ3n) is 1.92. The van der Waals surface area contributed by atoms with Crippen molar-refractivity contribution >= 4 is 17.7 Å². The van der Waals surface area contributed by atoms with E-state index in [1.807, 2.05) is 0 Å². The highest BCUT2D eigenvalue weighted by molar-refractivity contribution is 7.99. The molecule has 3 N–H and O–H groups in total. The summed E-state index contributed by atoms with van der Waals surface area (Å²) in [5.41, 5.74) is 5.32.